The van der Waals surface area contributed by atoms with Gasteiger partial charge >= 0.3 is 0 Å². The molecule has 0 saturated carbocycles. The molecule has 5 rings (SSSR count). The lowest BCUT2D eigenvalue weighted by molar-refractivity contribution is -0.353. The van der Waals surface area contributed by atoms with E-state index in [0.717, 1.165) is 33.6 Å². The van der Waals surface area contributed by atoms with Crippen molar-refractivity contribution in [2.24, 2.45) is 0 Å². The van der Waals surface area contributed by atoms with Gasteiger partial charge in [-0.3, -0.25) is 0 Å². The SMILES string of the molecule is Cc1ccc(C(=C2C=CC(=[NH+]c3c(C)cc(C)c(C)c3C)C(Cl)=C2)c2ccc(Nc3c(C)cc(C)c(C)c3C)c(Cl)c2)c(S(=O)(=O)[O-])c1. The molecule has 48 heavy (non-hydrogen) atoms. The van der Waals surface area contributed by atoms with Gasteiger partial charge in [0.1, 0.15) is 15.2 Å². The minimum absolute atomic E-state index is 0.269. The number of hydrogen-bond donors (Lipinski definition) is 2. The molecule has 0 atom stereocenters. The second-order valence-corrected chi connectivity index (χ2v) is 14.9. The van der Waals surface area contributed by atoms with Gasteiger partial charge in [0.2, 0.25) is 11.4 Å². The summed E-state index contributed by atoms with van der Waals surface area (Å²) < 4.78 is 37.8. The van der Waals surface area contributed by atoms with Gasteiger partial charge in [-0.05, 0) is 154 Å². The van der Waals surface area contributed by atoms with E-state index in [1.807, 2.05) is 24.3 Å². The molecule has 0 aliphatic heterocycles. The number of aryl methyl sites for hydroxylation is 5. The fourth-order valence-electron chi connectivity index (χ4n) is 6.29. The number of allylic oxidation sites excluding steroid dienone is 5. The van der Waals surface area contributed by atoms with Gasteiger partial charge in [0.15, 0.2) is 0 Å². The maximum atomic E-state index is 12.6. The van der Waals surface area contributed by atoms with Crippen LogP contribution in [0.15, 0.2) is 82.3 Å². The summed E-state index contributed by atoms with van der Waals surface area (Å²) in [6, 6.07) is 14.7. The van der Waals surface area contributed by atoms with Crippen LogP contribution in [0.2, 0.25) is 5.02 Å². The Bertz CT molecular complexity index is 2240. The number of nitrogens with one attached hydrogen (secondary N) is 2. The summed E-state index contributed by atoms with van der Waals surface area (Å²) in [6.07, 6.45) is 5.53. The summed E-state index contributed by atoms with van der Waals surface area (Å²) in [7, 11) is -4.83. The average molecular weight is 700 g/mol. The lowest BCUT2D eigenvalue weighted by atomic mass is 9.90. The molecular formula is C40H40Cl2N2O3S. The zero-order valence-electron chi connectivity index (χ0n) is 28.7. The first-order valence-corrected chi connectivity index (χ1v) is 17.9. The van der Waals surface area contributed by atoms with Gasteiger partial charge in [-0.2, -0.15) is 0 Å². The number of anilines is 2. The van der Waals surface area contributed by atoms with Crippen LogP contribution in [-0.4, -0.2) is 18.7 Å². The van der Waals surface area contributed by atoms with Gasteiger partial charge in [-0.1, -0.05) is 47.5 Å². The van der Waals surface area contributed by atoms with Crippen molar-refractivity contribution in [2.75, 3.05) is 5.32 Å². The Kier molecular flexibility index (Phi) is 9.96. The van der Waals surface area contributed by atoms with Crippen LogP contribution in [0, 0.1) is 62.3 Å². The van der Waals surface area contributed by atoms with E-state index in [-0.39, 0.29) is 10.5 Å². The van der Waals surface area contributed by atoms with Gasteiger partial charge in [-0.25, -0.2) is 13.4 Å². The molecule has 0 fully saturated rings. The third-order valence-corrected chi connectivity index (χ3v) is 10.9. The minimum atomic E-state index is -4.83. The largest absolute Gasteiger partial charge is 0.744 e. The normalized spacial score (nSPS) is 15.2. The maximum absolute atomic E-state index is 12.6. The molecule has 4 aromatic rings. The molecule has 1 aliphatic rings. The first-order valence-electron chi connectivity index (χ1n) is 15.7. The van der Waals surface area contributed by atoms with Crippen LogP contribution in [0.3, 0.4) is 0 Å². The summed E-state index contributed by atoms with van der Waals surface area (Å²) >= 11 is 13.9. The van der Waals surface area contributed by atoms with Crippen LogP contribution < -0.4 is 10.3 Å². The van der Waals surface area contributed by atoms with E-state index >= 15 is 0 Å². The quantitative estimate of drug-likeness (QED) is 0.197. The molecule has 2 N–H and O–H groups in total. The molecule has 0 aromatic heterocycles. The van der Waals surface area contributed by atoms with E-state index in [4.69, 9.17) is 23.2 Å². The molecule has 0 heterocycles. The molecule has 0 radical (unpaired) electrons. The van der Waals surface area contributed by atoms with E-state index < -0.39 is 10.1 Å². The van der Waals surface area contributed by atoms with Gasteiger partial charge < -0.3 is 9.87 Å². The second-order valence-electron chi connectivity index (χ2n) is 12.7. The van der Waals surface area contributed by atoms with E-state index in [9.17, 15) is 13.0 Å². The minimum Gasteiger partial charge on any atom is -0.744 e. The molecule has 0 saturated heterocycles. The first kappa shape index (κ1) is 35.4. The fourth-order valence-corrected chi connectivity index (χ4v) is 7.51. The predicted octanol–water partition coefficient (Wildman–Crippen LogP) is 9.11. The number of hydrogen-bond acceptors (Lipinski definition) is 4. The fraction of sp³-hybridized carbons (Fsp3) is 0.225. The molecule has 0 unspecified atom stereocenters. The molecule has 1 aliphatic carbocycles. The second kappa shape index (κ2) is 13.5. The number of halogens is 2. The highest BCUT2D eigenvalue weighted by atomic mass is 35.5. The number of rotatable bonds is 6. The highest BCUT2D eigenvalue weighted by Gasteiger charge is 2.23. The van der Waals surface area contributed by atoms with Crippen molar-refractivity contribution in [3.8, 4) is 0 Å². The lowest BCUT2D eigenvalue weighted by Gasteiger charge is -2.21. The van der Waals surface area contributed by atoms with Gasteiger partial charge in [0, 0.05) is 28.5 Å². The topological polar surface area (TPSA) is 83.2 Å². The van der Waals surface area contributed by atoms with Crippen molar-refractivity contribution < 1.29 is 18.0 Å². The highest BCUT2D eigenvalue weighted by Crippen LogP contribution is 2.39. The molecule has 4 aromatic carbocycles. The standard InChI is InChI=1S/C40H40Cl2N2O3S/c1-21-10-13-32(37(16-21)48(45,46)47)38(30-11-14-35(33(41)19-30)43-39-24(4)17-22(2)26(6)28(39)8)31-12-15-36(34(42)20-31)44-40-25(5)18-23(3)27(7)29(40)9/h10-20,43H,1-9H3,(H,45,46,47). The third-order valence-electron chi connectivity index (χ3n) is 9.42. The van der Waals surface area contributed by atoms with Crippen LogP contribution in [0.1, 0.15) is 61.2 Å². The summed E-state index contributed by atoms with van der Waals surface area (Å²) in [5, 5.41) is 4.38. The molecule has 8 heteroatoms. The van der Waals surface area contributed by atoms with E-state index in [1.54, 1.807) is 31.2 Å². The van der Waals surface area contributed by atoms with E-state index in [1.165, 1.54) is 28.3 Å². The zero-order valence-corrected chi connectivity index (χ0v) is 31.1. The molecule has 248 valence electrons. The molecule has 5 nitrogen and oxygen atoms in total. The van der Waals surface area contributed by atoms with Crippen molar-refractivity contribution >= 4 is 61.7 Å². The third kappa shape index (κ3) is 6.94. The number of benzene rings is 4. The Hall–Kier alpha value is -3.94. The van der Waals surface area contributed by atoms with Crippen LogP contribution >= 0.6 is 23.2 Å². The van der Waals surface area contributed by atoms with Crippen molar-refractivity contribution in [3.05, 3.63) is 144 Å². The molecule has 0 amide bonds. The summed E-state index contributed by atoms with van der Waals surface area (Å²) in [6.45, 7) is 18.4. The summed E-state index contributed by atoms with van der Waals surface area (Å²) in [4.78, 5) is 3.20. The average Bonchev–Trinajstić information content (AvgIpc) is 3.01. The Morgan fingerprint density at radius 1 is 0.729 bits per heavy atom. The van der Waals surface area contributed by atoms with Crippen molar-refractivity contribution in [3.63, 3.8) is 0 Å². The Balaban J connectivity index is 1.69. The monoisotopic (exact) mass is 698 g/mol. The van der Waals surface area contributed by atoms with Crippen LogP contribution in [0.4, 0.5) is 17.1 Å². The van der Waals surface area contributed by atoms with E-state index in [2.05, 4.69) is 77.8 Å². The highest BCUT2D eigenvalue weighted by molar-refractivity contribution is 7.85. The molecule has 0 spiro atoms. The van der Waals surface area contributed by atoms with Crippen LogP contribution in [0.25, 0.3) is 5.57 Å². The zero-order chi connectivity index (χ0) is 35.2. The van der Waals surface area contributed by atoms with Crippen molar-refractivity contribution in [2.45, 2.75) is 67.2 Å². The summed E-state index contributed by atoms with van der Waals surface area (Å²) in [5.74, 6) is 0. The van der Waals surface area contributed by atoms with Crippen LogP contribution in [0.5, 0.6) is 0 Å². The predicted molar refractivity (Wildman–Crippen MR) is 199 cm³/mol. The summed E-state index contributed by atoms with van der Waals surface area (Å²) in [5.41, 5.74) is 15.4. The van der Waals surface area contributed by atoms with Gasteiger partial charge in [0.05, 0.1) is 15.6 Å². The van der Waals surface area contributed by atoms with Crippen molar-refractivity contribution in [1.82, 2.24) is 0 Å². The molecule has 0 bridgehead atoms. The molecular weight excluding hydrogens is 659 g/mol. The Morgan fingerprint density at radius 3 is 2.00 bits per heavy atom. The smallest absolute Gasteiger partial charge is 0.222 e. The maximum Gasteiger partial charge on any atom is 0.222 e. The van der Waals surface area contributed by atoms with E-state index in [0.29, 0.717) is 43.7 Å². The van der Waals surface area contributed by atoms with Crippen LogP contribution in [-0.2, 0) is 10.1 Å². The van der Waals surface area contributed by atoms with Gasteiger partial charge in [-0.15, -0.1) is 0 Å². The van der Waals surface area contributed by atoms with Gasteiger partial charge in [0.25, 0.3) is 0 Å². The lowest BCUT2D eigenvalue weighted by Crippen LogP contribution is -2.67. The van der Waals surface area contributed by atoms with Crippen molar-refractivity contribution in [1.29, 1.82) is 0 Å². The Labute approximate surface area is 294 Å². The first-order chi connectivity index (χ1) is 22.5. The Morgan fingerprint density at radius 2 is 1.38 bits per heavy atom.